The molecule has 0 aliphatic heterocycles. The lowest BCUT2D eigenvalue weighted by Crippen LogP contribution is -2.10. The Kier molecular flexibility index (Phi) is 4.74. The van der Waals surface area contributed by atoms with Crippen LogP contribution in [0.15, 0.2) is 6.20 Å². The van der Waals surface area contributed by atoms with Gasteiger partial charge in [-0.1, -0.05) is 13.3 Å². The Hall–Kier alpha value is -1.09. The van der Waals surface area contributed by atoms with Crippen LogP contribution >= 0.6 is 0 Å². The summed E-state index contributed by atoms with van der Waals surface area (Å²) in [6.07, 6.45) is 4.32. The van der Waals surface area contributed by atoms with Crippen molar-refractivity contribution in [3.8, 4) is 0 Å². The smallest absolute Gasteiger partial charge is 0.0894 e. The van der Waals surface area contributed by atoms with Gasteiger partial charge in [-0.2, -0.15) is 0 Å². The maximum Gasteiger partial charge on any atom is 0.0894 e. The Labute approximate surface area is 98.0 Å². The second-order valence-corrected chi connectivity index (χ2v) is 4.34. The van der Waals surface area contributed by atoms with Crippen molar-refractivity contribution in [2.45, 2.75) is 53.2 Å². The number of aryl methyl sites for hydroxylation is 1. The Morgan fingerprint density at radius 1 is 1.44 bits per heavy atom. The van der Waals surface area contributed by atoms with Crippen molar-refractivity contribution in [1.29, 1.82) is 0 Å². The molecule has 3 nitrogen and oxygen atoms in total. The highest BCUT2D eigenvalue weighted by atomic mass is 16.5. The molecule has 1 aromatic heterocycles. The number of nitrogens with two attached hydrogens (primary N) is 1. The van der Waals surface area contributed by atoms with Crippen molar-refractivity contribution < 1.29 is 4.74 Å². The molecule has 0 fully saturated rings. The number of hydrogen-bond donors (Lipinski definition) is 1. The van der Waals surface area contributed by atoms with Crippen molar-refractivity contribution in [1.82, 2.24) is 4.98 Å². The molecular formula is C13H22N2O. The quantitative estimate of drug-likeness (QED) is 0.833. The number of anilines is 1. The van der Waals surface area contributed by atoms with Crippen LogP contribution in [0.1, 0.15) is 43.5 Å². The minimum Gasteiger partial charge on any atom is -0.398 e. The first-order valence-corrected chi connectivity index (χ1v) is 5.88. The van der Waals surface area contributed by atoms with Crippen LogP contribution in [0, 0.1) is 13.8 Å². The monoisotopic (exact) mass is 222 g/mol. The fourth-order valence-corrected chi connectivity index (χ4v) is 1.65. The van der Waals surface area contributed by atoms with Gasteiger partial charge in [0.15, 0.2) is 0 Å². The first-order chi connectivity index (χ1) is 7.56. The topological polar surface area (TPSA) is 48.1 Å². The van der Waals surface area contributed by atoms with E-state index in [4.69, 9.17) is 10.5 Å². The maximum atomic E-state index is 5.95. The average Bonchev–Trinajstić information content (AvgIpc) is 2.25. The molecule has 2 N–H and O–H groups in total. The van der Waals surface area contributed by atoms with Crippen molar-refractivity contribution >= 4 is 5.69 Å². The number of ether oxygens (including phenoxy) is 1. The Balaban J connectivity index is 2.64. The summed E-state index contributed by atoms with van der Waals surface area (Å²) in [6.45, 7) is 8.78. The zero-order valence-electron chi connectivity index (χ0n) is 10.7. The van der Waals surface area contributed by atoms with Gasteiger partial charge in [0.2, 0.25) is 0 Å². The number of nitrogens with zero attached hydrogens (tertiary/aromatic N) is 1. The van der Waals surface area contributed by atoms with Crippen LogP contribution in [0.4, 0.5) is 5.69 Å². The number of rotatable bonds is 5. The van der Waals surface area contributed by atoms with Gasteiger partial charge in [0.05, 0.1) is 18.4 Å². The van der Waals surface area contributed by atoms with E-state index in [1.165, 1.54) is 0 Å². The normalized spacial score (nSPS) is 12.8. The molecule has 0 aromatic carbocycles. The van der Waals surface area contributed by atoms with Crippen molar-refractivity contribution in [3.05, 3.63) is 23.0 Å². The molecule has 0 bridgehead atoms. The highest BCUT2D eigenvalue weighted by Crippen LogP contribution is 2.19. The largest absolute Gasteiger partial charge is 0.398 e. The highest BCUT2D eigenvalue weighted by molar-refractivity contribution is 5.53. The molecule has 0 radical (unpaired) electrons. The summed E-state index contributed by atoms with van der Waals surface area (Å²) in [5.74, 6) is 0. The van der Waals surface area contributed by atoms with E-state index in [0.29, 0.717) is 6.61 Å². The summed E-state index contributed by atoms with van der Waals surface area (Å²) >= 11 is 0. The summed E-state index contributed by atoms with van der Waals surface area (Å²) in [4.78, 5) is 4.37. The Morgan fingerprint density at radius 2 is 2.12 bits per heavy atom. The fraction of sp³-hybridized carbons (Fsp3) is 0.615. The second kappa shape index (κ2) is 5.85. The molecule has 1 unspecified atom stereocenters. The van der Waals surface area contributed by atoms with Crippen molar-refractivity contribution in [2.75, 3.05) is 5.73 Å². The molecule has 3 heteroatoms. The molecule has 0 aliphatic rings. The summed E-state index contributed by atoms with van der Waals surface area (Å²) < 4.78 is 5.73. The van der Waals surface area contributed by atoms with E-state index in [2.05, 4.69) is 18.8 Å². The predicted molar refractivity (Wildman–Crippen MR) is 67.3 cm³/mol. The van der Waals surface area contributed by atoms with E-state index in [1.807, 2.05) is 20.0 Å². The van der Waals surface area contributed by atoms with E-state index >= 15 is 0 Å². The van der Waals surface area contributed by atoms with Gasteiger partial charge >= 0.3 is 0 Å². The molecule has 0 spiro atoms. The number of aromatic nitrogens is 1. The zero-order chi connectivity index (χ0) is 12.1. The van der Waals surface area contributed by atoms with Crippen LogP contribution in [-0.2, 0) is 11.3 Å². The molecular weight excluding hydrogens is 200 g/mol. The number of pyridine rings is 1. The van der Waals surface area contributed by atoms with E-state index in [0.717, 1.165) is 35.3 Å². The molecule has 0 aliphatic carbocycles. The Morgan fingerprint density at radius 3 is 2.75 bits per heavy atom. The first kappa shape index (κ1) is 13.0. The summed E-state index contributed by atoms with van der Waals surface area (Å²) in [5.41, 5.74) is 9.81. The minimum absolute atomic E-state index is 0.286. The molecule has 1 heterocycles. The van der Waals surface area contributed by atoms with Gasteiger partial charge in [0.25, 0.3) is 0 Å². The lowest BCUT2D eigenvalue weighted by Gasteiger charge is -2.14. The molecule has 0 saturated carbocycles. The van der Waals surface area contributed by atoms with Gasteiger partial charge in [-0.05, 0) is 38.3 Å². The molecule has 0 amide bonds. The lowest BCUT2D eigenvalue weighted by molar-refractivity contribution is 0.0450. The van der Waals surface area contributed by atoms with Crippen LogP contribution in [0.2, 0.25) is 0 Å². The van der Waals surface area contributed by atoms with E-state index in [1.54, 1.807) is 0 Å². The molecule has 16 heavy (non-hydrogen) atoms. The van der Waals surface area contributed by atoms with Gasteiger partial charge in [0.1, 0.15) is 0 Å². The third kappa shape index (κ3) is 3.20. The van der Waals surface area contributed by atoms with E-state index in [-0.39, 0.29) is 6.10 Å². The highest BCUT2D eigenvalue weighted by Gasteiger charge is 2.08. The summed E-state index contributed by atoms with van der Waals surface area (Å²) in [7, 11) is 0. The molecule has 1 atom stereocenters. The van der Waals surface area contributed by atoms with Crippen molar-refractivity contribution in [3.63, 3.8) is 0 Å². The molecule has 1 rings (SSSR count). The summed E-state index contributed by atoms with van der Waals surface area (Å²) in [6, 6.07) is 0. The van der Waals surface area contributed by atoms with Crippen LogP contribution < -0.4 is 5.73 Å². The third-order valence-electron chi connectivity index (χ3n) is 2.88. The minimum atomic E-state index is 0.286. The molecule has 1 aromatic rings. The Bertz CT molecular complexity index is 350. The van der Waals surface area contributed by atoms with Gasteiger partial charge in [-0.3, -0.25) is 4.98 Å². The average molecular weight is 222 g/mol. The number of hydrogen-bond acceptors (Lipinski definition) is 3. The van der Waals surface area contributed by atoms with Gasteiger partial charge in [0, 0.05) is 11.9 Å². The number of nitrogen functional groups attached to an aromatic ring is 1. The van der Waals surface area contributed by atoms with Gasteiger partial charge in [-0.15, -0.1) is 0 Å². The van der Waals surface area contributed by atoms with E-state index < -0.39 is 0 Å². The summed E-state index contributed by atoms with van der Waals surface area (Å²) in [5, 5.41) is 0. The van der Waals surface area contributed by atoms with Crippen molar-refractivity contribution in [2.24, 2.45) is 0 Å². The standard InChI is InChI=1S/C13H22N2O/c1-5-6-10(3)16-8-12-11(4)13(14)9(2)7-15-12/h7,10H,5-6,8H2,1-4H3,(H2,14,15). The predicted octanol–water partition coefficient (Wildman–Crippen LogP) is 2.99. The third-order valence-corrected chi connectivity index (χ3v) is 2.88. The lowest BCUT2D eigenvalue weighted by atomic mass is 10.1. The second-order valence-electron chi connectivity index (χ2n) is 4.34. The molecule has 90 valence electrons. The van der Waals surface area contributed by atoms with E-state index in [9.17, 15) is 0 Å². The first-order valence-electron chi connectivity index (χ1n) is 5.88. The van der Waals surface area contributed by atoms with Gasteiger partial charge < -0.3 is 10.5 Å². The molecule has 0 saturated heterocycles. The van der Waals surface area contributed by atoms with Crippen LogP contribution in [0.25, 0.3) is 0 Å². The SMILES string of the molecule is CCCC(C)OCc1ncc(C)c(N)c1C. The van der Waals surface area contributed by atoms with Crippen LogP contribution in [-0.4, -0.2) is 11.1 Å². The maximum absolute atomic E-state index is 5.95. The van der Waals surface area contributed by atoms with Crippen LogP contribution in [0.3, 0.4) is 0 Å². The van der Waals surface area contributed by atoms with Gasteiger partial charge in [-0.25, -0.2) is 0 Å². The fourth-order valence-electron chi connectivity index (χ4n) is 1.65. The van der Waals surface area contributed by atoms with Crippen LogP contribution in [0.5, 0.6) is 0 Å². The zero-order valence-corrected chi connectivity index (χ0v) is 10.7.